The van der Waals surface area contributed by atoms with Crippen molar-refractivity contribution in [2.24, 2.45) is 11.5 Å². The summed E-state index contributed by atoms with van der Waals surface area (Å²) in [7, 11) is 0. The molecular formula is C19H21FN2O. The normalized spacial score (nSPS) is 22.9. The molecule has 1 atom stereocenters. The number of amides is 1. The first-order valence-electron chi connectivity index (χ1n) is 8.39. The van der Waals surface area contributed by atoms with E-state index in [0.29, 0.717) is 11.1 Å². The lowest BCUT2D eigenvalue weighted by Gasteiger charge is -2.22. The molecule has 0 unspecified atom stereocenters. The van der Waals surface area contributed by atoms with Gasteiger partial charge >= 0.3 is 0 Å². The van der Waals surface area contributed by atoms with Crippen LogP contribution >= 0.6 is 0 Å². The molecule has 23 heavy (non-hydrogen) atoms. The smallest absolute Gasteiger partial charge is 0.249 e. The predicted octanol–water partition coefficient (Wildman–Crippen LogP) is 3.31. The Kier molecular flexibility index (Phi) is 3.38. The summed E-state index contributed by atoms with van der Waals surface area (Å²) in [5.74, 6) is -0.874. The van der Waals surface area contributed by atoms with Crippen LogP contribution in [0.25, 0.3) is 11.1 Å². The van der Waals surface area contributed by atoms with Gasteiger partial charge in [0.25, 0.3) is 0 Å². The third kappa shape index (κ3) is 2.24. The van der Waals surface area contributed by atoms with E-state index in [1.165, 1.54) is 17.2 Å². The Labute approximate surface area is 135 Å². The van der Waals surface area contributed by atoms with Gasteiger partial charge in [0.1, 0.15) is 5.82 Å². The predicted molar refractivity (Wildman–Crippen MR) is 89.2 cm³/mol. The Balaban J connectivity index is 1.97. The maximum Gasteiger partial charge on any atom is 0.249 e. The number of rotatable bonds is 2. The van der Waals surface area contributed by atoms with E-state index in [9.17, 15) is 9.18 Å². The zero-order chi connectivity index (χ0) is 16.1. The molecule has 0 heterocycles. The van der Waals surface area contributed by atoms with Crippen LogP contribution in [-0.2, 0) is 6.42 Å². The topological polar surface area (TPSA) is 69.1 Å². The van der Waals surface area contributed by atoms with Crippen LogP contribution in [0.15, 0.2) is 17.7 Å². The summed E-state index contributed by atoms with van der Waals surface area (Å²) in [4.78, 5) is 11.8. The summed E-state index contributed by atoms with van der Waals surface area (Å²) in [5.41, 5.74) is 18.1. The van der Waals surface area contributed by atoms with Gasteiger partial charge in [-0.15, -0.1) is 0 Å². The van der Waals surface area contributed by atoms with Gasteiger partial charge in [-0.2, -0.15) is 0 Å². The van der Waals surface area contributed by atoms with Crippen molar-refractivity contribution in [3.05, 3.63) is 45.8 Å². The molecule has 1 aromatic carbocycles. The van der Waals surface area contributed by atoms with Gasteiger partial charge in [-0.25, -0.2) is 4.39 Å². The SMILES string of the molecule is NC(=O)c1cc(F)c(C2=C[C@@H](N)CCC2)c2c1CC1=C2CCC1. The molecule has 4 heteroatoms. The first kappa shape index (κ1) is 14.6. The number of carbonyl (C=O) groups excluding carboxylic acids is 1. The number of hydrogen-bond donors (Lipinski definition) is 2. The minimum absolute atomic E-state index is 0.0111. The molecule has 0 aromatic heterocycles. The molecule has 4 rings (SSSR count). The van der Waals surface area contributed by atoms with Crippen molar-refractivity contribution in [3.63, 3.8) is 0 Å². The lowest BCUT2D eigenvalue weighted by molar-refractivity contribution is 0.0999. The zero-order valence-corrected chi connectivity index (χ0v) is 13.1. The van der Waals surface area contributed by atoms with Gasteiger partial charge in [0.15, 0.2) is 0 Å². The summed E-state index contributed by atoms with van der Waals surface area (Å²) in [6.45, 7) is 0. The zero-order valence-electron chi connectivity index (χ0n) is 13.1. The highest BCUT2D eigenvalue weighted by Crippen LogP contribution is 2.48. The van der Waals surface area contributed by atoms with Crippen molar-refractivity contribution in [1.82, 2.24) is 0 Å². The third-order valence-corrected chi connectivity index (χ3v) is 5.40. The molecule has 120 valence electrons. The van der Waals surface area contributed by atoms with Gasteiger partial charge in [0.05, 0.1) is 0 Å². The van der Waals surface area contributed by atoms with Crippen molar-refractivity contribution in [2.75, 3.05) is 0 Å². The molecule has 0 fully saturated rings. The summed E-state index contributed by atoms with van der Waals surface area (Å²) in [6.07, 6.45) is 8.64. The van der Waals surface area contributed by atoms with Crippen LogP contribution in [0, 0.1) is 5.82 Å². The van der Waals surface area contributed by atoms with Crippen LogP contribution in [0.3, 0.4) is 0 Å². The van der Waals surface area contributed by atoms with E-state index in [2.05, 4.69) is 0 Å². The standard InChI is InChI=1S/C19H21FN2O/c20-16-9-15(19(22)23)14-8-10-3-2-6-13(10)18(14)17(16)11-4-1-5-12(21)7-11/h7,9,12H,1-6,8,21H2,(H2,22,23)/t12-/m0/s1. The van der Waals surface area contributed by atoms with Crippen LogP contribution < -0.4 is 11.5 Å². The average Bonchev–Trinajstić information content (AvgIpc) is 3.07. The molecule has 3 aliphatic carbocycles. The van der Waals surface area contributed by atoms with Crippen LogP contribution in [0.5, 0.6) is 0 Å². The molecular weight excluding hydrogens is 291 g/mol. The van der Waals surface area contributed by atoms with Gasteiger partial charge in [-0.05, 0) is 73.3 Å². The fourth-order valence-corrected chi connectivity index (χ4v) is 4.42. The second kappa shape index (κ2) is 5.31. The fraction of sp³-hybridized carbons (Fsp3) is 0.421. The van der Waals surface area contributed by atoms with E-state index >= 15 is 0 Å². The lowest BCUT2D eigenvalue weighted by atomic mass is 9.84. The van der Waals surface area contributed by atoms with Gasteiger partial charge in [0.2, 0.25) is 5.91 Å². The van der Waals surface area contributed by atoms with Crippen LogP contribution in [0.2, 0.25) is 0 Å². The number of halogens is 1. The molecule has 0 saturated carbocycles. The number of hydrogen-bond acceptors (Lipinski definition) is 2. The van der Waals surface area contributed by atoms with Crippen molar-refractivity contribution < 1.29 is 9.18 Å². The molecule has 1 aromatic rings. The molecule has 4 N–H and O–H groups in total. The Morgan fingerprint density at radius 2 is 2.00 bits per heavy atom. The summed E-state index contributed by atoms with van der Waals surface area (Å²) >= 11 is 0. The molecule has 3 aliphatic rings. The van der Waals surface area contributed by atoms with Crippen molar-refractivity contribution in [3.8, 4) is 0 Å². The van der Waals surface area contributed by atoms with E-state index in [4.69, 9.17) is 11.5 Å². The molecule has 0 saturated heterocycles. The number of fused-ring (bicyclic) bond motifs is 2. The maximum absolute atomic E-state index is 14.9. The number of carbonyl (C=O) groups is 1. The molecule has 0 aliphatic heterocycles. The van der Waals surface area contributed by atoms with Gasteiger partial charge in [0, 0.05) is 17.2 Å². The van der Waals surface area contributed by atoms with Gasteiger partial charge in [-0.1, -0.05) is 11.6 Å². The van der Waals surface area contributed by atoms with Crippen LogP contribution in [0.4, 0.5) is 4.39 Å². The molecule has 0 bridgehead atoms. The highest BCUT2D eigenvalue weighted by Gasteiger charge is 2.33. The Morgan fingerprint density at radius 3 is 2.74 bits per heavy atom. The van der Waals surface area contributed by atoms with Crippen molar-refractivity contribution >= 4 is 17.1 Å². The molecule has 3 nitrogen and oxygen atoms in total. The second-order valence-electron chi connectivity index (χ2n) is 6.86. The minimum Gasteiger partial charge on any atom is -0.366 e. The third-order valence-electron chi connectivity index (χ3n) is 5.40. The summed E-state index contributed by atoms with van der Waals surface area (Å²) in [5, 5.41) is 0. The number of allylic oxidation sites excluding steroid dienone is 3. The Morgan fingerprint density at radius 1 is 1.17 bits per heavy atom. The summed E-state index contributed by atoms with van der Waals surface area (Å²) < 4.78 is 14.9. The number of benzene rings is 1. The van der Waals surface area contributed by atoms with Crippen molar-refractivity contribution in [2.45, 2.75) is 51.0 Å². The van der Waals surface area contributed by atoms with E-state index in [0.717, 1.165) is 61.6 Å². The van der Waals surface area contributed by atoms with E-state index in [1.54, 1.807) is 0 Å². The average molecular weight is 312 g/mol. The number of primary amides is 1. The highest BCUT2D eigenvalue weighted by atomic mass is 19.1. The van der Waals surface area contributed by atoms with Crippen LogP contribution in [0.1, 0.15) is 65.6 Å². The first-order chi connectivity index (χ1) is 11.1. The second-order valence-corrected chi connectivity index (χ2v) is 6.86. The fourth-order valence-electron chi connectivity index (χ4n) is 4.42. The van der Waals surface area contributed by atoms with Crippen molar-refractivity contribution in [1.29, 1.82) is 0 Å². The van der Waals surface area contributed by atoms with E-state index < -0.39 is 5.91 Å². The summed E-state index contributed by atoms with van der Waals surface area (Å²) in [6, 6.07) is 1.32. The Bertz CT molecular complexity index is 776. The molecule has 0 radical (unpaired) electrons. The quantitative estimate of drug-likeness (QED) is 0.879. The van der Waals surface area contributed by atoms with E-state index in [-0.39, 0.29) is 11.9 Å². The van der Waals surface area contributed by atoms with E-state index in [1.807, 2.05) is 6.08 Å². The largest absolute Gasteiger partial charge is 0.366 e. The van der Waals surface area contributed by atoms with Gasteiger partial charge in [-0.3, -0.25) is 4.79 Å². The first-order valence-corrected chi connectivity index (χ1v) is 8.39. The van der Waals surface area contributed by atoms with Crippen LogP contribution in [-0.4, -0.2) is 11.9 Å². The number of nitrogens with two attached hydrogens (primary N) is 2. The minimum atomic E-state index is -0.540. The Hall–Kier alpha value is -1.94. The lowest BCUT2D eigenvalue weighted by Crippen LogP contribution is -2.21. The van der Waals surface area contributed by atoms with Gasteiger partial charge < -0.3 is 11.5 Å². The monoisotopic (exact) mass is 312 g/mol. The maximum atomic E-state index is 14.9. The highest BCUT2D eigenvalue weighted by molar-refractivity contribution is 5.99. The molecule has 0 spiro atoms. The molecule has 1 amide bonds.